The molecule has 0 radical (unpaired) electrons. The molecule has 1 aliphatic carbocycles. The van der Waals surface area contributed by atoms with Crippen LogP contribution in [0.25, 0.3) is 0 Å². The molecule has 0 heterocycles. The van der Waals surface area contributed by atoms with Gasteiger partial charge in [-0.2, -0.15) is 0 Å². The minimum Gasteiger partial charge on any atom is -0.406 e. The highest BCUT2D eigenvalue weighted by atomic mass is 19.4. The third-order valence-electron chi connectivity index (χ3n) is 4.63. The molecular weight excluding hydrogens is 327 g/mol. The van der Waals surface area contributed by atoms with Gasteiger partial charge in [-0.3, -0.25) is 0 Å². The summed E-state index contributed by atoms with van der Waals surface area (Å²) in [7, 11) is 0. The van der Waals surface area contributed by atoms with Gasteiger partial charge in [0.2, 0.25) is 5.92 Å². The van der Waals surface area contributed by atoms with Gasteiger partial charge in [-0.25, -0.2) is 8.78 Å². The number of halogens is 5. The Hall–Kier alpha value is -1.33. The Labute approximate surface area is 139 Å². The summed E-state index contributed by atoms with van der Waals surface area (Å²) in [5.41, 5.74) is 0.947. The first kappa shape index (κ1) is 19.0. The number of benzene rings is 1. The third kappa shape index (κ3) is 5.95. The van der Waals surface area contributed by atoms with Crippen LogP contribution in [0, 0.1) is 5.92 Å². The van der Waals surface area contributed by atoms with E-state index in [4.69, 9.17) is 0 Å². The quantitative estimate of drug-likeness (QED) is 0.520. The number of ether oxygens (including phenoxy) is 1. The van der Waals surface area contributed by atoms with E-state index in [1.807, 2.05) is 0 Å². The van der Waals surface area contributed by atoms with Crippen molar-refractivity contribution in [1.82, 2.24) is 0 Å². The van der Waals surface area contributed by atoms with Crippen LogP contribution in [0.15, 0.2) is 24.3 Å². The van der Waals surface area contributed by atoms with Crippen molar-refractivity contribution in [3.63, 3.8) is 0 Å². The van der Waals surface area contributed by atoms with E-state index >= 15 is 0 Å². The van der Waals surface area contributed by atoms with Crippen molar-refractivity contribution in [3.8, 4) is 5.75 Å². The summed E-state index contributed by atoms with van der Waals surface area (Å²) in [5.74, 6) is -2.56. The molecule has 0 amide bonds. The molecule has 1 fully saturated rings. The van der Waals surface area contributed by atoms with Crippen LogP contribution in [-0.2, 0) is 0 Å². The molecule has 24 heavy (non-hydrogen) atoms. The van der Waals surface area contributed by atoms with E-state index in [-0.39, 0.29) is 30.4 Å². The normalized spacial score (nSPS) is 22.4. The molecule has 1 nitrogen and oxygen atoms in total. The van der Waals surface area contributed by atoms with Crippen LogP contribution in [0.1, 0.15) is 63.4 Å². The standard InChI is InChI=1S/C18H23F5O/c1-2-11-17(19,20)12-13-3-5-14(6-4-13)15-7-9-16(10-8-15)24-18(21,22)23/h7-10,13-14H,2-6,11-12H2,1H3/t13-,14-. The van der Waals surface area contributed by atoms with E-state index in [0.29, 0.717) is 6.42 Å². The molecular formula is C18H23F5O. The van der Waals surface area contributed by atoms with Crippen LogP contribution in [0.4, 0.5) is 22.0 Å². The average molecular weight is 350 g/mol. The van der Waals surface area contributed by atoms with Crippen molar-refractivity contribution in [2.45, 2.75) is 70.1 Å². The summed E-state index contributed by atoms with van der Waals surface area (Å²) in [6, 6.07) is 5.89. The van der Waals surface area contributed by atoms with Crippen LogP contribution >= 0.6 is 0 Å². The fourth-order valence-electron chi connectivity index (χ4n) is 3.53. The van der Waals surface area contributed by atoms with Crippen LogP contribution in [0.5, 0.6) is 5.75 Å². The third-order valence-corrected chi connectivity index (χ3v) is 4.63. The maximum Gasteiger partial charge on any atom is 0.573 e. The molecule has 1 aliphatic rings. The lowest BCUT2D eigenvalue weighted by Gasteiger charge is -2.31. The van der Waals surface area contributed by atoms with Crippen molar-refractivity contribution < 1.29 is 26.7 Å². The van der Waals surface area contributed by atoms with Gasteiger partial charge < -0.3 is 4.74 Å². The smallest absolute Gasteiger partial charge is 0.406 e. The first-order chi connectivity index (χ1) is 11.2. The zero-order valence-electron chi connectivity index (χ0n) is 13.7. The Bertz CT molecular complexity index is 501. The fourth-order valence-corrected chi connectivity index (χ4v) is 3.53. The summed E-state index contributed by atoms with van der Waals surface area (Å²) in [6.07, 6.45) is -1.24. The molecule has 0 atom stereocenters. The summed E-state index contributed by atoms with van der Waals surface area (Å²) in [5, 5.41) is 0. The monoisotopic (exact) mass is 350 g/mol. The molecule has 0 saturated heterocycles. The van der Waals surface area contributed by atoms with Crippen molar-refractivity contribution in [2.24, 2.45) is 5.92 Å². The largest absolute Gasteiger partial charge is 0.573 e. The van der Waals surface area contributed by atoms with Crippen LogP contribution in [0.3, 0.4) is 0 Å². The first-order valence-corrected chi connectivity index (χ1v) is 8.42. The fraction of sp³-hybridized carbons (Fsp3) is 0.667. The predicted molar refractivity (Wildman–Crippen MR) is 82.3 cm³/mol. The Kier molecular flexibility index (Phi) is 6.10. The number of hydrogen-bond donors (Lipinski definition) is 0. The van der Waals surface area contributed by atoms with Crippen molar-refractivity contribution in [1.29, 1.82) is 0 Å². The van der Waals surface area contributed by atoms with E-state index in [0.717, 1.165) is 31.2 Å². The number of alkyl halides is 5. The van der Waals surface area contributed by atoms with E-state index < -0.39 is 12.3 Å². The van der Waals surface area contributed by atoms with Crippen LogP contribution in [0.2, 0.25) is 0 Å². The molecule has 0 spiro atoms. The summed E-state index contributed by atoms with van der Waals surface area (Å²) < 4.78 is 67.7. The molecule has 1 aromatic rings. The second-order valence-corrected chi connectivity index (χ2v) is 6.64. The number of hydrogen-bond acceptors (Lipinski definition) is 1. The van der Waals surface area contributed by atoms with Gasteiger partial charge in [0.15, 0.2) is 0 Å². The van der Waals surface area contributed by atoms with Crippen LogP contribution in [-0.4, -0.2) is 12.3 Å². The summed E-state index contributed by atoms with van der Waals surface area (Å²) in [4.78, 5) is 0. The second-order valence-electron chi connectivity index (χ2n) is 6.64. The molecule has 0 aliphatic heterocycles. The van der Waals surface area contributed by atoms with Gasteiger partial charge in [-0.15, -0.1) is 13.2 Å². The molecule has 0 aromatic heterocycles. The lowest BCUT2D eigenvalue weighted by molar-refractivity contribution is -0.274. The molecule has 0 N–H and O–H groups in total. The minimum absolute atomic E-state index is 0.0376. The highest BCUT2D eigenvalue weighted by Gasteiger charge is 2.34. The van der Waals surface area contributed by atoms with Crippen molar-refractivity contribution >= 4 is 0 Å². The lowest BCUT2D eigenvalue weighted by Crippen LogP contribution is -2.23. The van der Waals surface area contributed by atoms with Gasteiger partial charge in [0.25, 0.3) is 0 Å². The second kappa shape index (κ2) is 7.70. The first-order valence-electron chi connectivity index (χ1n) is 8.42. The molecule has 6 heteroatoms. The molecule has 0 bridgehead atoms. The lowest BCUT2D eigenvalue weighted by atomic mass is 9.76. The average Bonchev–Trinajstić information content (AvgIpc) is 2.47. The van der Waals surface area contributed by atoms with E-state index in [1.165, 1.54) is 12.1 Å². The van der Waals surface area contributed by atoms with E-state index in [9.17, 15) is 22.0 Å². The highest BCUT2D eigenvalue weighted by molar-refractivity contribution is 5.29. The van der Waals surface area contributed by atoms with Crippen molar-refractivity contribution in [2.75, 3.05) is 0 Å². The number of rotatable bonds is 6. The van der Waals surface area contributed by atoms with Gasteiger partial charge >= 0.3 is 6.36 Å². The molecule has 136 valence electrons. The summed E-state index contributed by atoms with van der Waals surface area (Å²) >= 11 is 0. The van der Waals surface area contributed by atoms with E-state index in [1.54, 1.807) is 19.1 Å². The molecule has 1 aromatic carbocycles. The Morgan fingerprint density at radius 3 is 2.04 bits per heavy atom. The summed E-state index contributed by atoms with van der Waals surface area (Å²) in [6.45, 7) is 1.76. The zero-order valence-corrected chi connectivity index (χ0v) is 13.7. The van der Waals surface area contributed by atoms with Gasteiger partial charge in [-0.1, -0.05) is 25.5 Å². The topological polar surface area (TPSA) is 9.23 Å². The van der Waals surface area contributed by atoms with Crippen molar-refractivity contribution in [3.05, 3.63) is 29.8 Å². The Morgan fingerprint density at radius 2 is 1.54 bits per heavy atom. The van der Waals surface area contributed by atoms with Gasteiger partial charge in [0, 0.05) is 12.8 Å². The van der Waals surface area contributed by atoms with Gasteiger partial charge in [0.05, 0.1) is 0 Å². The Morgan fingerprint density at radius 1 is 0.958 bits per heavy atom. The maximum atomic E-state index is 13.7. The SMILES string of the molecule is CCCC(F)(F)C[C@H]1CC[C@H](c2ccc(OC(F)(F)F)cc2)CC1. The molecule has 0 unspecified atom stereocenters. The Balaban J connectivity index is 1.86. The highest BCUT2D eigenvalue weighted by Crippen LogP contribution is 2.41. The van der Waals surface area contributed by atoms with E-state index in [2.05, 4.69) is 4.74 Å². The zero-order chi connectivity index (χ0) is 17.8. The van der Waals surface area contributed by atoms with Gasteiger partial charge in [-0.05, 0) is 55.2 Å². The van der Waals surface area contributed by atoms with Crippen LogP contribution < -0.4 is 4.74 Å². The minimum atomic E-state index is -4.69. The molecule has 1 saturated carbocycles. The molecule has 2 rings (SSSR count). The van der Waals surface area contributed by atoms with Gasteiger partial charge in [0.1, 0.15) is 5.75 Å². The maximum absolute atomic E-state index is 13.7. The predicted octanol–water partition coefficient (Wildman–Crippen LogP) is 6.68.